The van der Waals surface area contributed by atoms with Gasteiger partial charge in [0.1, 0.15) is 0 Å². The SMILES string of the molecule is C#N.[B].[H-].[HH].[Na+]. The van der Waals surface area contributed by atoms with Crippen molar-refractivity contribution in [1.29, 1.82) is 5.26 Å². The van der Waals surface area contributed by atoms with Crippen molar-refractivity contribution in [3.63, 3.8) is 0 Å². The van der Waals surface area contributed by atoms with Crippen LogP contribution in [0.3, 0.4) is 0 Å². The predicted molar refractivity (Wildman–Crippen MR) is 15.7 cm³/mol. The molecule has 0 aliphatic rings. The van der Waals surface area contributed by atoms with Crippen molar-refractivity contribution in [2.24, 2.45) is 0 Å². The Balaban J connectivity index is -0.000000000833. The molecule has 0 saturated heterocycles. The zero-order valence-corrected chi connectivity index (χ0v) is 4.60. The Labute approximate surface area is 52.8 Å². The molecule has 0 saturated carbocycles. The molecule has 0 amide bonds. The quantitative estimate of drug-likeness (QED) is 0.277. The largest absolute Gasteiger partial charge is 1.00 e. The molecule has 1 nitrogen and oxygen atoms in total. The first kappa shape index (κ1) is 23.8. The van der Waals surface area contributed by atoms with Crippen LogP contribution in [-0.4, -0.2) is 8.41 Å². The third-order valence-corrected chi connectivity index (χ3v) is 0. The minimum atomic E-state index is 0. The fraction of sp³-hybridized carbons (Fsp3) is 0. The van der Waals surface area contributed by atoms with E-state index < -0.39 is 0 Å². The van der Waals surface area contributed by atoms with Gasteiger partial charge in [0, 0.05) is 16.4 Å². The molecule has 0 bridgehead atoms. The maximum absolute atomic E-state index is 6.50. The van der Waals surface area contributed by atoms with E-state index in [9.17, 15) is 0 Å². The van der Waals surface area contributed by atoms with E-state index in [1.54, 1.807) is 0 Å². The van der Waals surface area contributed by atoms with E-state index in [1.165, 1.54) is 0 Å². The molecule has 0 aliphatic carbocycles. The molecule has 0 unspecified atom stereocenters. The molecule has 0 spiro atoms. The molecular formula is CH4BNNa. The molecule has 17 valence electrons. The summed E-state index contributed by atoms with van der Waals surface area (Å²) in [6.07, 6.45) is 0. The number of nitriles is 1. The Bertz CT molecular complexity index is 18.3. The standard InChI is InChI=1S/CHN.B.Na.H2.H/c1-2;;;;/h1H;;;1H;/q;;+1;;-1. The van der Waals surface area contributed by atoms with Crippen LogP contribution in [-0.2, 0) is 0 Å². The first-order valence-corrected chi connectivity index (χ1v) is 0.258. The molecule has 3 radical (unpaired) electrons. The zero-order valence-electron chi connectivity index (χ0n) is 3.60. The Morgan fingerprint density at radius 2 is 1.75 bits per heavy atom. The molecular weight excluding hydrogens is 59.8 g/mol. The van der Waals surface area contributed by atoms with Crippen LogP contribution in [0.25, 0.3) is 0 Å². The van der Waals surface area contributed by atoms with Crippen LogP contribution in [0.2, 0.25) is 0 Å². The maximum Gasteiger partial charge on any atom is 1.00 e. The summed E-state index contributed by atoms with van der Waals surface area (Å²) in [5.41, 5.74) is 0. The molecule has 0 aromatic rings. The maximum atomic E-state index is 6.50. The smallest absolute Gasteiger partial charge is 1.00 e. The van der Waals surface area contributed by atoms with Crippen LogP contribution in [0.5, 0.6) is 0 Å². The summed E-state index contributed by atoms with van der Waals surface area (Å²) >= 11 is 0. The molecule has 3 heteroatoms. The van der Waals surface area contributed by atoms with Crippen molar-refractivity contribution >= 4 is 8.41 Å². The molecule has 4 heavy (non-hydrogen) atoms. The van der Waals surface area contributed by atoms with Gasteiger partial charge in [0.2, 0.25) is 0 Å². The molecule has 0 aromatic heterocycles. The third-order valence-electron chi connectivity index (χ3n) is 0. The summed E-state index contributed by atoms with van der Waals surface area (Å²) in [6.45, 7) is 3.50. The minimum absolute atomic E-state index is 0. The van der Waals surface area contributed by atoms with Gasteiger partial charge in [-0.25, -0.2) is 5.26 Å². The zero-order chi connectivity index (χ0) is 2.00. The number of nitrogens with zero attached hydrogens (tertiary/aromatic N) is 1. The van der Waals surface area contributed by atoms with Gasteiger partial charge in [0.05, 0.1) is 0 Å². The fourth-order valence-electron chi connectivity index (χ4n) is 0. The molecule has 0 N–H and O–H groups in total. The van der Waals surface area contributed by atoms with Crippen molar-refractivity contribution in [3.8, 4) is 6.57 Å². The van der Waals surface area contributed by atoms with E-state index in [2.05, 4.69) is 6.57 Å². The number of hydrogen-bond donors (Lipinski definition) is 0. The second-order valence-electron chi connectivity index (χ2n) is 0. The molecule has 0 aromatic carbocycles. The summed E-state index contributed by atoms with van der Waals surface area (Å²) in [7, 11) is 0. The topological polar surface area (TPSA) is 23.8 Å². The summed E-state index contributed by atoms with van der Waals surface area (Å²) in [5.74, 6) is 0. The van der Waals surface area contributed by atoms with Gasteiger partial charge in [-0.15, -0.1) is 0 Å². The normalized spacial score (nSPS) is 0.500. The molecule has 0 heterocycles. The van der Waals surface area contributed by atoms with Crippen molar-refractivity contribution < 1.29 is 32.4 Å². The van der Waals surface area contributed by atoms with Crippen molar-refractivity contribution in [3.05, 3.63) is 0 Å². The Hall–Kier alpha value is 0.555. The van der Waals surface area contributed by atoms with Crippen LogP contribution >= 0.6 is 0 Å². The fourth-order valence-corrected chi connectivity index (χ4v) is 0. The number of rotatable bonds is 0. The second kappa shape index (κ2) is 75.4. The number of hydrogen-bond acceptors (Lipinski definition) is 1. The molecule has 0 aliphatic heterocycles. The van der Waals surface area contributed by atoms with Gasteiger partial charge in [0.15, 0.2) is 0 Å². The van der Waals surface area contributed by atoms with Gasteiger partial charge in [-0.1, -0.05) is 0 Å². The van der Waals surface area contributed by atoms with E-state index in [1.807, 2.05) is 0 Å². The van der Waals surface area contributed by atoms with Crippen LogP contribution in [0.15, 0.2) is 0 Å². The van der Waals surface area contributed by atoms with Crippen LogP contribution in [0.1, 0.15) is 2.85 Å². The Morgan fingerprint density at radius 3 is 1.75 bits per heavy atom. The minimum Gasteiger partial charge on any atom is -1.00 e. The van der Waals surface area contributed by atoms with Crippen molar-refractivity contribution in [2.45, 2.75) is 0 Å². The van der Waals surface area contributed by atoms with Gasteiger partial charge in [0.25, 0.3) is 0 Å². The van der Waals surface area contributed by atoms with Crippen LogP contribution in [0, 0.1) is 11.8 Å². The first-order chi connectivity index (χ1) is 1.00. The predicted octanol–water partition coefficient (Wildman–Crippen LogP) is -2.88. The van der Waals surface area contributed by atoms with E-state index in [-0.39, 0.29) is 40.8 Å². The van der Waals surface area contributed by atoms with Gasteiger partial charge in [-0.3, -0.25) is 0 Å². The van der Waals surface area contributed by atoms with E-state index in [0.717, 1.165) is 0 Å². The second-order valence-corrected chi connectivity index (χ2v) is 0. The molecule has 0 fully saturated rings. The average Bonchev–Trinajstić information content (AvgIpc) is 1.00. The Kier molecular flexibility index (Phi) is 449. The summed E-state index contributed by atoms with van der Waals surface area (Å²) in [4.78, 5) is 0. The monoisotopic (exact) mass is 64.0 g/mol. The van der Waals surface area contributed by atoms with Gasteiger partial charge >= 0.3 is 29.6 Å². The average molecular weight is 63.9 g/mol. The Morgan fingerprint density at radius 1 is 1.75 bits per heavy atom. The van der Waals surface area contributed by atoms with Crippen LogP contribution < -0.4 is 29.6 Å². The third kappa shape index (κ3) is 20.1. The first-order valence-electron chi connectivity index (χ1n) is 0.258. The van der Waals surface area contributed by atoms with Crippen LogP contribution in [0.4, 0.5) is 0 Å². The van der Waals surface area contributed by atoms with Gasteiger partial charge in [-0.05, 0) is 0 Å². The van der Waals surface area contributed by atoms with E-state index in [0.29, 0.717) is 0 Å². The van der Waals surface area contributed by atoms with Crippen molar-refractivity contribution in [2.75, 3.05) is 0 Å². The van der Waals surface area contributed by atoms with Gasteiger partial charge < -0.3 is 1.43 Å². The van der Waals surface area contributed by atoms with E-state index >= 15 is 0 Å². The molecule has 0 atom stereocenters. The van der Waals surface area contributed by atoms with Crippen molar-refractivity contribution in [1.82, 2.24) is 0 Å². The van der Waals surface area contributed by atoms with E-state index in [4.69, 9.17) is 5.26 Å². The van der Waals surface area contributed by atoms with Gasteiger partial charge in [-0.2, -0.15) is 0 Å². The summed E-state index contributed by atoms with van der Waals surface area (Å²) in [6, 6.07) is 0. The summed E-state index contributed by atoms with van der Waals surface area (Å²) in [5, 5.41) is 6.50. The summed E-state index contributed by atoms with van der Waals surface area (Å²) < 4.78 is 0. The molecule has 0 rings (SSSR count).